The Morgan fingerprint density at radius 3 is 2.39 bits per heavy atom. The van der Waals surface area contributed by atoms with Crippen molar-refractivity contribution >= 4 is 18.4 Å². The summed E-state index contributed by atoms with van der Waals surface area (Å²) in [5.74, 6) is 0.351. The molecule has 0 aliphatic carbocycles. The second-order valence-corrected chi connectivity index (χ2v) is 3.54. The van der Waals surface area contributed by atoms with Crippen molar-refractivity contribution in [2.75, 3.05) is 0 Å². The molecular formula is C14H11NO3. The summed E-state index contributed by atoms with van der Waals surface area (Å²) in [6.45, 7) is 0.338. The highest BCUT2D eigenvalue weighted by molar-refractivity contribution is 5.81. The van der Waals surface area contributed by atoms with Gasteiger partial charge in [-0.05, 0) is 12.1 Å². The standard InChI is InChI=1S/C14H11NO3/c16-11-18-14-9-5-4-6-12(14)10-15(17)13-7-2-1-3-8-13/h1-11H/b15-10-. The summed E-state index contributed by atoms with van der Waals surface area (Å²) in [7, 11) is 0. The number of hydrogen-bond donors (Lipinski definition) is 0. The van der Waals surface area contributed by atoms with Gasteiger partial charge in [0, 0.05) is 12.1 Å². The lowest BCUT2D eigenvalue weighted by molar-refractivity contribution is -0.354. The Balaban J connectivity index is 2.35. The fourth-order valence-electron chi connectivity index (χ4n) is 1.52. The van der Waals surface area contributed by atoms with Crippen LogP contribution < -0.4 is 4.74 Å². The highest BCUT2D eigenvalue weighted by Crippen LogP contribution is 2.16. The van der Waals surface area contributed by atoms with Gasteiger partial charge in [0.05, 0.1) is 5.56 Å². The summed E-state index contributed by atoms with van der Waals surface area (Å²) in [5.41, 5.74) is 1.06. The first-order valence-corrected chi connectivity index (χ1v) is 5.37. The number of ether oxygens (including phenoxy) is 1. The molecule has 4 heteroatoms. The predicted molar refractivity (Wildman–Crippen MR) is 68.0 cm³/mol. The zero-order valence-electron chi connectivity index (χ0n) is 9.52. The van der Waals surface area contributed by atoms with E-state index in [0.717, 1.165) is 4.74 Å². The SMILES string of the molecule is O=COc1ccccc1/C=[N+](\[O-])c1ccccc1. The third-order valence-electron chi connectivity index (χ3n) is 2.36. The van der Waals surface area contributed by atoms with Gasteiger partial charge >= 0.3 is 0 Å². The van der Waals surface area contributed by atoms with Crippen molar-refractivity contribution in [3.8, 4) is 5.75 Å². The van der Waals surface area contributed by atoms with Crippen molar-refractivity contribution < 1.29 is 14.3 Å². The maximum Gasteiger partial charge on any atom is 0.298 e. The monoisotopic (exact) mass is 241 g/mol. The predicted octanol–water partition coefficient (Wildman–Crippen LogP) is 2.48. The van der Waals surface area contributed by atoms with E-state index in [9.17, 15) is 10.0 Å². The first-order chi connectivity index (χ1) is 8.81. The topological polar surface area (TPSA) is 52.4 Å². The molecule has 0 radical (unpaired) electrons. The quantitative estimate of drug-likeness (QED) is 0.272. The third-order valence-corrected chi connectivity index (χ3v) is 2.36. The minimum Gasteiger partial charge on any atom is -0.618 e. The van der Waals surface area contributed by atoms with Crippen LogP contribution in [0, 0.1) is 5.21 Å². The molecule has 4 nitrogen and oxygen atoms in total. The van der Waals surface area contributed by atoms with Crippen LogP contribution in [-0.2, 0) is 4.79 Å². The third kappa shape index (κ3) is 2.74. The van der Waals surface area contributed by atoms with Crippen molar-refractivity contribution in [1.82, 2.24) is 0 Å². The molecule has 0 bridgehead atoms. The van der Waals surface area contributed by atoms with Gasteiger partial charge in [-0.3, -0.25) is 4.79 Å². The average molecular weight is 241 g/mol. The summed E-state index contributed by atoms with van der Waals surface area (Å²) in [6, 6.07) is 15.6. The molecule has 2 rings (SSSR count). The van der Waals surface area contributed by atoms with Crippen LogP contribution in [0.2, 0.25) is 0 Å². The maximum absolute atomic E-state index is 11.9. The van der Waals surface area contributed by atoms with Crippen molar-refractivity contribution in [2.45, 2.75) is 0 Å². The van der Waals surface area contributed by atoms with E-state index in [-0.39, 0.29) is 0 Å². The van der Waals surface area contributed by atoms with Gasteiger partial charge in [-0.25, -0.2) is 0 Å². The summed E-state index contributed by atoms with van der Waals surface area (Å²) < 4.78 is 5.53. The summed E-state index contributed by atoms with van der Waals surface area (Å²) in [4.78, 5) is 10.4. The molecule has 0 unspecified atom stereocenters. The van der Waals surface area contributed by atoms with Gasteiger partial charge in [0.15, 0.2) is 6.21 Å². The van der Waals surface area contributed by atoms with E-state index >= 15 is 0 Å². The van der Waals surface area contributed by atoms with E-state index in [1.807, 2.05) is 6.07 Å². The molecule has 0 saturated heterocycles. The molecule has 0 saturated carbocycles. The number of nitrogens with zero attached hydrogens (tertiary/aromatic N) is 1. The molecule has 2 aromatic rings. The minimum atomic E-state index is 0.338. The van der Waals surface area contributed by atoms with E-state index in [1.54, 1.807) is 48.5 Å². The smallest absolute Gasteiger partial charge is 0.298 e. The van der Waals surface area contributed by atoms with Gasteiger partial charge in [-0.15, -0.1) is 0 Å². The first-order valence-electron chi connectivity index (χ1n) is 5.37. The zero-order valence-corrected chi connectivity index (χ0v) is 9.52. The van der Waals surface area contributed by atoms with Gasteiger partial charge in [0.25, 0.3) is 6.47 Å². The minimum absolute atomic E-state index is 0.338. The van der Waals surface area contributed by atoms with Gasteiger partial charge in [0.1, 0.15) is 5.75 Å². The largest absolute Gasteiger partial charge is 0.618 e. The van der Waals surface area contributed by atoms with Crippen LogP contribution in [0.5, 0.6) is 5.75 Å². The Morgan fingerprint density at radius 2 is 1.67 bits per heavy atom. The van der Waals surface area contributed by atoms with Crippen molar-refractivity contribution in [1.29, 1.82) is 0 Å². The Kier molecular flexibility index (Phi) is 3.71. The highest BCUT2D eigenvalue weighted by atomic mass is 16.5. The van der Waals surface area contributed by atoms with Gasteiger partial charge in [-0.1, -0.05) is 30.3 Å². The van der Waals surface area contributed by atoms with Gasteiger partial charge < -0.3 is 9.94 Å². The number of hydrogen-bond acceptors (Lipinski definition) is 3. The van der Waals surface area contributed by atoms with Crippen LogP contribution in [0.25, 0.3) is 0 Å². The van der Waals surface area contributed by atoms with E-state index in [4.69, 9.17) is 4.74 Å². The number of para-hydroxylation sites is 2. The number of rotatable bonds is 4. The Morgan fingerprint density at radius 1 is 1.00 bits per heavy atom. The zero-order chi connectivity index (χ0) is 12.8. The lowest BCUT2D eigenvalue weighted by Gasteiger charge is -2.04. The Hall–Kier alpha value is -2.62. The molecule has 0 spiro atoms. The average Bonchev–Trinajstić information content (AvgIpc) is 2.42. The van der Waals surface area contributed by atoms with Crippen molar-refractivity contribution in [3.05, 3.63) is 65.4 Å². The molecule has 90 valence electrons. The maximum atomic E-state index is 11.9. The van der Waals surface area contributed by atoms with Crippen molar-refractivity contribution in [2.24, 2.45) is 0 Å². The van der Waals surface area contributed by atoms with Crippen LogP contribution in [0.1, 0.15) is 5.56 Å². The molecule has 0 aromatic heterocycles. The van der Waals surface area contributed by atoms with Crippen molar-refractivity contribution in [3.63, 3.8) is 0 Å². The molecular weight excluding hydrogens is 230 g/mol. The summed E-state index contributed by atoms with van der Waals surface area (Å²) >= 11 is 0. The fraction of sp³-hybridized carbons (Fsp3) is 0. The first kappa shape index (κ1) is 11.9. The summed E-state index contributed by atoms with van der Waals surface area (Å²) in [5, 5.41) is 11.9. The molecule has 0 amide bonds. The van der Waals surface area contributed by atoms with Crippen LogP contribution in [0.3, 0.4) is 0 Å². The van der Waals surface area contributed by atoms with E-state index in [0.29, 0.717) is 23.5 Å². The van der Waals surface area contributed by atoms with Crippen LogP contribution in [0.15, 0.2) is 54.6 Å². The second kappa shape index (κ2) is 5.63. The Labute approximate surface area is 104 Å². The van der Waals surface area contributed by atoms with Gasteiger partial charge in [0.2, 0.25) is 5.69 Å². The molecule has 0 fully saturated rings. The van der Waals surface area contributed by atoms with Crippen LogP contribution in [0.4, 0.5) is 5.69 Å². The molecule has 2 aromatic carbocycles. The van der Waals surface area contributed by atoms with Crippen LogP contribution >= 0.6 is 0 Å². The summed E-state index contributed by atoms with van der Waals surface area (Å²) in [6.07, 6.45) is 1.37. The lowest BCUT2D eigenvalue weighted by atomic mass is 10.2. The second-order valence-electron chi connectivity index (χ2n) is 3.54. The fourth-order valence-corrected chi connectivity index (χ4v) is 1.52. The molecule has 0 heterocycles. The molecule has 0 atom stereocenters. The van der Waals surface area contributed by atoms with Crippen LogP contribution in [-0.4, -0.2) is 17.4 Å². The number of carbonyl (C=O) groups excluding carboxylic acids is 1. The van der Waals surface area contributed by atoms with Gasteiger partial charge in [-0.2, -0.15) is 4.74 Å². The Bertz CT molecular complexity index is 564. The molecule has 0 aliphatic heterocycles. The molecule has 0 N–H and O–H groups in total. The highest BCUT2D eigenvalue weighted by Gasteiger charge is 2.05. The lowest BCUT2D eigenvalue weighted by Crippen LogP contribution is -2.01. The van der Waals surface area contributed by atoms with E-state index < -0.39 is 0 Å². The number of benzene rings is 2. The molecule has 18 heavy (non-hydrogen) atoms. The van der Waals surface area contributed by atoms with E-state index in [2.05, 4.69) is 0 Å². The van der Waals surface area contributed by atoms with E-state index in [1.165, 1.54) is 6.21 Å². The molecule has 0 aliphatic rings. The normalized spacial score (nSPS) is 11.0. The number of carbonyl (C=O) groups is 1.